The molecule has 1 aromatic rings. The molecular weight excluding hydrogens is 264 g/mol. The maximum Gasteiger partial charge on any atom is 0.269 e. The van der Waals surface area contributed by atoms with E-state index in [1.807, 2.05) is 39.8 Å². The average Bonchev–Trinajstić information content (AvgIpc) is 2.52. The van der Waals surface area contributed by atoms with E-state index in [1.165, 1.54) is 12.8 Å². The van der Waals surface area contributed by atoms with Crippen LogP contribution in [0.25, 0.3) is 0 Å². The molecule has 1 heterocycles. The van der Waals surface area contributed by atoms with Crippen LogP contribution in [0.3, 0.4) is 0 Å². The molecule has 21 heavy (non-hydrogen) atoms. The molecule has 1 unspecified atom stereocenters. The maximum atomic E-state index is 10.5. The number of hydrogen-bond donors (Lipinski definition) is 0. The molecule has 1 saturated heterocycles. The van der Waals surface area contributed by atoms with Crippen molar-refractivity contribution < 1.29 is 4.92 Å². The minimum atomic E-state index is -0.354. The monoisotopic (exact) mass is 294 g/mol. The number of nitrogens with zero attached hydrogens (tertiary/aromatic N) is 2. The van der Waals surface area contributed by atoms with Crippen LogP contribution in [0.4, 0.5) is 5.69 Å². The first-order chi connectivity index (χ1) is 10.1. The molecule has 1 fully saturated rings. The Morgan fingerprint density at radius 3 is 2.24 bits per heavy atom. The maximum absolute atomic E-state index is 10.5. The van der Waals surface area contributed by atoms with Crippen molar-refractivity contribution in [3.8, 4) is 0 Å². The van der Waals surface area contributed by atoms with Gasteiger partial charge in [0, 0.05) is 25.2 Å². The summed E-state index contributed by atoms with van der Waals surface area (Å²) in [6.07, 6.45) is 2.57. The third-order valence-corrected chi connectivity index (χ3v) is 3.29. The molecule has 0 N–H and O–H groups in total. The zero-order valence-electron chi connectivity index (χ0n) is 14.1. The van der Waals surface area contributed by atoms with Gasteiger partial charge in [-0.15, -0.1) is 0 Å². The van der Waals surface area contributed by atoms with E-state index in [9.17, 15) is 10.1 Å². The Morgan fingerprint density at radius 1 is 1.19 bits per heavy atom. The smallest absolute Gasteiger partial charge is 0.269 e. The van der Waals surface area contributed by atoms with Crippen molar-refractivity contribution in [1.29, 1.82) is 0 Å². The second-order valence-electron chi connectivity index (χ2n) is 4.91. The fourth-order valence-electron chi connectivity index (χ4n) is 2.41. The largest absolute Gasteiger partial charge is 0.299 e. The minimum Gasteiger partial charge on any atom is -0.299 e. The summed E-state index contributed by atoms with van der Waals surface area (Å²) in [7, 11) is 0. The summed E-state index contributed by atoms with van der Waals surface area (Å²) in [5.74, 6) is 0.766. The molecule has 0 bridgehead atoms. The van der Waals surface area contributed by atoms with Gasteiger partial charge >= 0.3 is 0 Å². The van der Waals surface area contributed by atoms with Gasteiger partial charge in [0.2, 0.25) is 0 Å². The number of nitro groups is 1. The Morgan fingerprint density at radius 2 is 1.76 bits per heavy atom. The molecular formula is C17H30N2O2. The molecule has 1 aliphatic rings. The third kappa shape index (κ3) is 7.23. The Bertz CT molecular complexity index is 390. The first-order valence-electron chi connectivity index (χ1n) is 8.11. The first kappa shape index (κ1) is 19.6. The molecule has 1 atom stereocenters. The number of hydrogen-bond acceptors (Lipinski definition) is 3. The van der Waals surface area contributed by atoms with Gasteiger partial charge in [-0.3, -0.25) is 15.0 Å². The zero-order chi connectivity index (χ0) is 16.3. The van der Waals surface area contributed by atoms with Gasteiger partial charge in [-0.05, 0) is 30.9 Å². The fraction of sp³-hybridized carbons (Fsp3) is 0.647. The van der Waals surface area contributed by atoms with Crippen molar-refractivity contribution in [2.24, 2.45) is 5.92 Å². The van der Waals surface area contributed by atoms with Crippen molar-refractivity contribution in [2.75, 3.05) is 13.1 Å². The predicted octanol–water partition coefficient (Wildman–Crippen LogP) is 4.88. The summed E-state index contributed by atoms with van der Waals surface area (Å²) in [5, 5.41) is 10.5. The normalized spacial score (nSPS) is 17.9. The summed E-state index contributed by atoms with van der Waals surface area (Å²) in [4.78, 5) is 12.6. The third-order valence-electron chi connectivity index (χ3n) is 3.29. The van der Waals surface area contributed by atoms with Gasteiger partial charge in [-0.25, -0.2) is 0 Å². The van der Waals surface area contributed by atoms with Crippen molar-refractivity contribution in [1.82, 2.24) is 4.90 Å². The first-order valence-corrected chi connectivity index (χ1v) is 8.11. The van der Waals surface area contributed by atoms with Crippen LogP contribution in [0, 0.1) is 16.0 Å². The highest BCUT2D eigenvalue weighted by atomic mass is 16.6. The quantitative estimate of drug-likeness (QED) is 0.589. The zero-order valence-corrected chi connectivity index (χ0v) is 14.1. The van der Waals surface area contributed by atoms with Gasteiger partial charge in [0.25, 0.3) is 5.69 Å². The molecule has 0 aromatic heterocycles. The van der Waals surface area contributed by atoms with Crippen LogP contribution in [0.5, 0.6) is 0 Å². The lowest BCUT2D eigenvalue weighted by Gasteiger charge is -2.30. The van der Waals surface area contributed by atoms with Crippen LogP contribution in [0.15, 0.2) is 24.3 Å². The molecule has 4 heteroatoms. The van der Waals surface area contributed by atoms with E-state index in [2.05, 4.69) is 11.8 Å². The van der Waals surface area contributed by atoms with E-state index in [-0.39, 0.29) is 10.6 Å². The number of nitro benzene ring substituents is 1. The topological polar surface area (TPSA) is 46.4 Å². The van der Waals surface area contributed by atoms with E-state index in [0.29, 0.717) is 0 Å². The Balaban J connectivity index is 0.000000921. The SMILES string of the molecule is CC.CC.CC1CCCN(Cc2ccc([N+](=O)[O-])cc2)C1. The highest BCUT2D eigenvalue weighted by molar-refractivity contribution is 5.32. The van der Waals surface area contributed by atoms with Crippen LogP contribution in [-0.4, -0.2) is 22.9 Å². The number of likely N-dealkylation sites (tertiary alicyclic amines) is 1. The van der Waals surface area contributed by atoms with Crippen molar-refractivity contribution in [2.45, 2.75) is 54.0 Å². The van der Waals surface area contributed by atoms with Crippen molar-refractivity contribution in [3.05, 3.63) is 39.9 Å². The van der Waals surface area contributed by atoms with E-state index < -0.39 is 0 Å². The number of rotatable bonds is 3. The molecule has 1 aliphatic heterocycles. The van der Waals surface area contributed by atoms with Gasteiger partial charge < -0.3 is 0 Å². The summed E-state index contributed by atoms with van der Waals surface area (Å²) in [6.45, 7) is 13.5. The van der Waals surface area contributed by atoms with Crippen LogP contribution >= 0.6 is 0 Å². The highest BCUT2D eigenvalue weighted by Gasteiger charge is 2.16. The molecule has 0 radical (unpaired) electrons. The molecule has 120 valence electrons. The Kier molecular flexibility index (Phi) is 10.5. The lowest BCUT2D eigenvalue weighted by molar-refractivity contribution is -0.384. The summed E-state index contributed by atoms with van der Waals surface area (Å²) >= 11 is 0. The molecule has 0 spiro atoms. The van der Waals surface area contributed by atoms with Gasteiger partial charge in [0.15, 0.2) is 0 Å². The number of piperidine rings is 1. The summed E-state index contributed by atoms with van der Waals surface area (Å²) < 4.78 is 0. The van der Waals surface area contributed by atoms with Gasteiger partial charge in [0.1, 0.15) is 0 Å². The van der Waals surface area contributed by atoms with E-state index >= 15 is 0 Å². The average molecular weight is 294 g/mol. The van der Waals surface area contributed by atoms with E-state index in [1.54, 1.807) is 12.1 Å². The molecule has 4 nitrogen and oxygen atoms in total. The number of benzene rings is 1. The molecule has 1 aromatic carbocycles. The number of non-ortho nitro benzene ring substituents is 1. The van der Waals surface area contributed by atoms with Crippen LogP contribution in [0.2, 0.25) is 0 Å². The van der Waals surface area contributed by atoms with Crippen LogP contribution in [0.1, 0.15) is 53.0 Å². The van der Waals surface area contributed by atoms with Gasteiger partial charge in [0.05, 0.1) is 4.92 Å². The molecule has 0 amide bonds. The molecule has 0 saturated carbocycles. The van der Waals surface area contributed by atoms with Crippen molar-refractivity contribution in [3.63, 3.8) is 0 Å². The second-order valence-corrected chi connectivity index (χ2v) is 4.91. The highest BCUT2D eigenvalue weighted by Crippen LogP contribution is 2.19. The summed E-state index contributed by atoms with van der Waals surface area (Å²) in [6, 6.07) is 6.89. The summed E-state index contributed by atoms with van der Waals surface area (Å²) in [5.41, 5.74) is 1.32. The fourth-order valence-corrected chi connectivity index (χ4v) is 2.41. The molecule has 2 rings (SSSR count). The molecule has 0 aliphatic carbocycles. The Labute approximate surface area is 129 Å². The second kappa shape index (κ2) is 11.3. The minimum absolute atomic E-state index is 0.167. The van der Waals surface area contributed by atoms with E-state index in [0.717, 1.165) is 31.1 Å². The van der Waals surface area contributed by atoms with E-state index in [4.69, 9.17) is 0 Å². The lowest BCUT2D eigenvalue weighted by atomic mass is 10.00. The lowest BCUT2D eigenvalue weighted by Crippen LogP contribution is -2.33. The van der Waals surface area contributed by atoms with Crippen LogP contribution < -0.4 is 0 Å². The van der Waals surface area contributed by atoms with Gasteiger partial charge in [-0.2, -0.15) is 0 Å². The predicted molar refractivity (Wildman–Crippen MR) is 89.5 cm³/mol. The Hall–Kier alpha value is -1.42. The van der Waals surface area contributed by atoms with Gasteiger partial charge in [-0.1, -0.05) is 46.8 Å². The standard InChI is InChI=1S/C13H18N2O2.2C2H6/c1-11-3-2-8-14(9-11)10-12-4-6-13(7-5-12)15(16)17;2*1-2/h4-7,11H,2-3,8-10H2,1H3;2*1-2H3. The van der Waals surface area contributed by atoms with Crippen molar-refractivity contribution >= 4 is 5.69 Å². The van der Waals surface area contributed by atoms with Crippen LogP contribution in [-0.2, 0) is 6.54 Å².